The van der Waals surface area contributed by atoms with E-state index in [-0.39, 0.29) is 5.54 Å². The Morgan fingerprint density at radius 3 is 2.85 bits per heavy atom. The third-order valence-electron chi connectivity index (χ3n) is 9.82. The number of aromatic nitrogens is 1. The van der Waals surface area contributed by atoms with Crippen molar-refractivity contribution in [2.75, 3.05) is 31.2 Å². The quantitative estimate of drug-likeness (QED) is 0.303. The SMILES string of the molecule is C=C1C=C(CCC23CN(C(=C)Cc4ccc5c(c4)C=CC5)C(CNc4cccc5c(N)nccc45)(C2)C3)C=CN1C. The van der Waals surface area contributed by atoms with Gasteiger partial charge in [-0.15, -0.1) is 0 Å². The second-order valence-corrected chi connectivity index (χ2v) is 12.6. The number of nitrogens with two attached hydrogens (primary N) is 1. The van der Waals surface area contributed by atoms with Crippen molar-refractivity contribution in [2.45, 2.75) is 44.1 Å². The highest BCUT2D eigenvalue weighted by Gasteiger charge is 2.64. The Labute approximate surface area is 243 Å². The van der Waals surface area contributed by atoms with Gasteiger partial charge in [0.2, 0.25) is 0 Å². The average Bonchev–Trinajstić information content (AvgIpc) is 3.64. The van der Waals surface area contributed by atoms with Gasteiger partial charge in [-0.3, -0.25) is 0 Å². The number of nitrogen functional groups attached to an aromatic ring is 1. The Morgan fingerprint density at radius 1 is 1.12 bits per heavy atom. The lowest BCUT2D eigenvalue weighted by molar-refractivity contribution is 0.0800. The maximum atomic E-state index is 6.19. The van der Waals surface area contributed by atoms with Crippen molar-refractivity contribution in [2.24, 2.45) is 5.41 Å². The molecule has 0 radical (unpaired) electrons. The molecule has 1 aromatic heterocycles. The minimum atomic E-state index is 0.0645. The molecule has 4 heterocycles. The lowest BCUT2D eigenvalue weighted by Gasteiger charge is -2.49. The van der Waals surface area contributed by atoms with Crippen LogP contribution in [-0.2, 0) is 12.8 Å². The van der Waals surface area contributed by atoms with Gasteiger partial charge in [0, 0.05) is 66.8 Å². The Kier molecular flexibility index (Phi) is 6.07. The molecule has 0 atom stereocenters. The predicted molar refractivity (Wildman–Crippen MR) is 171 cm³/mol. The summed E-state index contributed by atoms with van der Waals surface area (Å²) in [5.74, 6) is 0.576. The van der Waals surface area contributed by atoms with Gasteiger partial charge in [-0.2, -0.15) is 0 Å². The van der Waals surface area contributed by atoms with E-state index >= 15 is 0 Å². The number of likely N-dealkylation sites (N-methyl/N-ethyl adjacent to an activating group) is 1. The number of allylic oxidation sites excluding steroid dienone is 5. The van der Waals surface area contributed by atoms with Crippen LogP contribution < -0.4 is 11.1 Å². The average molecular weight is 542 g/mol. The van der Waals surface area contributed by atoms with E-state index in [1.165, 1.54) is 47.2 Å². The normalized spacial score (nSPS) is 24.0. The molecule has 5 aliphatic rings. The predicted octanol–water partition coefficient (Wildman–Crippen LogP) is 7.07. The Balaban J connectivity index is 1.12. The Morgan fingerprint density at radius 2 is 2.00 bits per heavy atom. The van der Waals surface area contributed by atoms with Crippen molar-refractivity contribution >= 4 is 28.4 Å². The summed E-state index contributed by atoms with van der Waals surface area (Å²) in [5, 5.41) is 5.96. The molecule has 2 bridgehead atoms. The molecule has 0 spiro atoms. The van der Waals surface area contributed by atoms with Crippen LogP contribution in [0.2, 0.25) is 0 Å². The smallest absolute Gasteiger partial charge is 0.131 e. The fourth-order valence-electron chi connectivity index (χ4n) is 7.69. The number of rotatable bonds is 9. The van der Waals surface area contributed by atoms with Gasteiger partial charge in [-0.25, -0.2) is 4.98 Å². The first-order chi connectivity index (χ1) is 19.8. The fourth-order valence-corrected chi connectivity index (χ4v) is 7.69. The largest absolute Gasteiger partial charge is 0.383 e. The van der Waals surface area contributed by atoms with Crippen LogP contribution >= 0.6 is 0 Å². The van der Waals surface area contributed by atoms with E-state index in [1.807, 2.05) is 6.07 Å². The zero-order valence-corrected chi connectivity index (χ0v) is 24.0. The van der Waals surface area contributed by atoms with Gasteiger partial charge in [0.05, 0.1) is 5.54 Å². The molecule has 0 amide bonds. The second-order valence-electron chi connectivity index (χ2n) is 12.6. The summed E-state index contributed by atoms with van der Waals surface area (Å²) in [6.07, 6.45) is 19.5. The zero-order valence-electron chi connectivity index (χ0n) is 24.0. The molecule has 2 aliphatic carbocycles. The number of hydrogen-bond donors (Lipinski definition) is 2. The molecule has 0 unspecified atom stereocenters. The molecular weight excluding hydrogens is 502 g/mol. The molecule has 5 nitrogen and oxygen atoms in total. The van der Waals surface area contributed by atoms with Crippen LogP contribution in [0.5, 0.6) is 0 Å². The van der Waals surface area contributed by atoms with Crippen LogP contribution in [0.15, 0.2) is 103 Å². The summed E-state index contributed by atoms with van der Waals surface area (Å²) in [4.78, 5) is 9.02. The maximum Gasteiger partial charge on any atom is 0.131 e. The van der Waals surface area contributed by atoms with Gasteiger partial charge in [-0.1, -0.05) is 55.6 Å². The topological polar surface area (TPSA) is 57.4 Å². The fraction of sp³-hybridized carbons (Fsp3) is 0.306. The van der Waals surface area contributed by atoms with Crippen molar-refractivity contribution < 1.29 is 0 Å². The van der Waals surface area contributed by atoms with E-state index in [2.05, 4.69) is 107 Å². The summed E-state index contributed by atoms with van der Waals surface area (Å²) < 4.78 is 0. The van der Waals surface area contributed by atoms with Gasteiger partial charge in [-0.05, 0) is 84.1 Å². The minimum Gasteiger partial charge on any atom is -0.383 e. The number of fused-ring (bicyclic) bond motifs is 3. The highest BCUT2D eigenvalue weighted by molar-refractivity contribution is 5.99. The van der Waals surface area contributed by atoms with E-state index in [0.717, 1.165) is 54.5 Å². The maximum absolute atomic E-state index is 6.19. The summed E-state index contributed by atoms with van der Waals surface area (Å²) in [6.45, 7) is 10.8. The second kappa shape index (κ2) is 9.69. The van der Waals surface area contributed by atoms with E-state index in [9.17, 15) is 0 Å². The van der Waals surface area contributed by atoms with Crippen molar-refractivity contribution in [3.05, 3.63) is 120 Å². The molecule has 3 N–H and O–H groups in total. The monoisotopic (exact) mass is 541 g/mol. The van der Waals surface area contributed by atoms with Gasteiger partial charge < -0.3 is 20.9 Å². The molecule has 3 aromatic rings. The van der Waals surface area contributed by atoms with Crippen molar-refractivity contribution in [3.8, 4) is 0 Å². The Hall–Kier alpha value is -4.25. The van der Waals surface area contributed by atoms with Crippen LogP contribution in [-0.4, -0.2) is 40.5 Å². The molecule has 5 heteroatoms. The summed E-state index contributed by atoms with van der Waals surface area (Å²) in [7, 11) is 2.05. The molecule has 3 fully saturated rings. The number of hydrogen-bond acceptors (Lipinski definition) is 5. The molecule has 2 saturated heterocycles. The first kappa shape index (κ1) is 25.7. The molecular formula is C36H39N5. The first-order valence-corrected chi connectivity index (χ1v) is 14.7. The first-order valence-electron chi connectivity index (χ1n) is 14.7. The highest BCUT2D eigenvalue weighted by atomic mass is 15.3. The highest BCUT2D eigenvalue weighted by Crippen LogP contribution is 2.63. The van der Waals surface area contributed by atoms with Crippen molar-refractivity contribution in [3.63, 3.8) is 0 Å². The molecule has 208 valence electrons. The number of pyridine rings is 1. The minimum absolute atomic E-state index is 0.0645. The van der Waals surface area contributed by atoms with Gasteiger partial charge in [0.15, 0.2) is 0 Å². The summed E-state index contributed by atoms with van der Waals surface area (Å²) in [6, 6.07) is 15.3. The third-order valence-corrected chi connectivity index (χ3v) is 9.82. The van der Waals surface area contributed by atoms with E-state index in [4.69, 9.17) is 5.73 Å². The van der Waals surface area contributed by atoms with Gasteiger partial charge in [0.25, 0.3) is 0 Å². The zero-order chi connectivity index (χ0) is 28.2. The van der Waals surface area contributed by atoms with Gasteiger partial charge >= 0.3 is 0 Å². The molecule has 1 saturated carbocycles. The third kappa shape index (κ3) is 4.54. The summed E-state index contributed by atoms with van der Waals surface area (Å²) in [5.41, 5.74) is 15.5. The van der Waals surface area contributed by atoms with Crippen molar-refractivity contribution in [1.82, 2.24) is 14.8 Å². The number of nitrogens with one attached hydrogen (secondary N) is 1. The molecule has 41 heavy (non-hydrogen) atoms. The van der Waals surface area contributed by atoms with Crippen LogP contribution in [0.1, 0.15) is 42.4 Å². The van der Waals surface area contributed by atoms with E-state index in [1.54, 1.807) is 6.20 Å². The number of benzene rings is 2. The molecule has 3 aliphatic heterocycles. The van der Waals surface area contributed by atoms with Crippen LogP contribution in [0, 0.1) is 5.41 Å². The lowest BCUT2D eigenvalue weighted by atomic mass is 9.59. The van der Waals surface area contributed by atoms with Crippen molar-refractivity contribution in [1.29, 1.82) is 0 Å². The molecule has 2 aromatic carbocycles. The van der Waals surface area contributed by atoms with Crippen LogP contribution in [0.3, 0.4) is 0 Å². The molecule has 8 rings (SSSR count). The van der Waals surface area contributed by atoms with E-state index in [0.29, 0.717) is 11.2 Å². The van der Waals surface area contributed by atoms with Crippen LogP contribution in [0.4, 0.5) is 11.5 Å². The number of anilines is 2. The van der Waals surface area contributed by atoms with Crippen LogP contribution in [0.25, 0.3) is 16.8 Å². The van der Waals surface area contributed by atoms with E-state index < -0.39 is 0 Å². The Bertz CT molecular complexity index is 1650. The summed E-state index contributed by atoms with van der Waals surface area (Å²) >= 11 is 0. The standard InChI is InChI=1S/C36H39N5/c1-25-18-27(14-17-40(25)3)12-15-35-21-36(22-35,23-39-33-9-5-8-32-31(33)13-16-38-34(32)37)41(24-35)26(2)19-28-10-11-29-6-4-7-30(29)20-28/h4-5,7-11,13-14,16-18,20,39H,1-2,6,12,15,19,21-24H2,3H3,(H2,37,38). The number of nitrogens with zero attached hydrogens (tertiary/aromatic N) is 3. The van der Waals surface area contributed by atoms with Gasteiger partial charge in [0.1, 0.15) is 5.82 Å². The lowest BCUT2D eigenvalue weighted by Crippen LogP contribution is -2.53.